The Morgan fingerprint density at radius 2 is 1.67 bits per heavy atom. The Morgan fingerprint density at radius 3 is 2.26 bits per heavy atom. The van der Waals surface area contributed by atoms with Gasteiger partial charge in [-0.2, -0.15) is 17.0 Å². The first-order chi connectivity index (χ1) is 12.7. The number of piperazine rings is 1. The van der Waals surface area contributed by atoms with E-state index in [9.17, 15) is 22.8 Å². The highest BCUT2D eigenvalue weighted by Crippen LogP contribution is 2.10. The summed E-state index contributed by atoms with van der Waals surface area (Å²) in [5, 5.41) is 2.94. The van der Waals surface area contributed by atoms with Crippen LogP contribution in [0.15, 0.2) is 33.9 Å². The number of aromatic amines is 1. The minimum absolute atomic E-state index is 0.176. The number of amides is 1. The number of nitrogens with zero attached hydrogens (tertiary/aromatic N) is 4. The van der Waals surface area contributed by atoms with Gasteiger partial charge < -0.3 is 4.90 Å². The zero-order valence-corrected chi connectivity index (χ0v) is 15.9. The SMILES string of the molecule is CN(C)S(=O)(=O)N1CCN(C(=O)Cn2[nH]c(=O)c3ccccc3c2=O)CC1. The monoisotopic (exact) mass is 395 g/mol. The van der Waals surface area contributed by atoms with Crippen LogP contribution in [0.1, 0.15) is 0 Å². The summed E-state index contributed by atoms with van der Waals surface area (Å²) in [7, 11) is -0.611. The van der Waals surface area contributed by atoms with Crippen LogP contribution in [0, 0.1) is 0 Å². The fourth-order valence-electron chi connectivity index (χ4n) is 2.99. The smallest absolute Gasteiger partial charge is 0.281 e. The Morgan fingerprint density at radius 1 is 1.07 bits per heavy atom. The molecule has 1 saturated heterocycles. The number of benzene rings is 1. The zero-order chi connectivity index (χ0) is 19.8. The molecule has 1 amide bonds. The highest BCUT2D eigenvalue weighted by Gasteiger charge is 2.30. The van der Waals surface area contributed by atoms with Crippen molar-refractivity contribution in [3.05, 3.63) is 45.0 Å². The molecule has 1 aromatic heterocycles. The van der Waals surface area contributed by atoms with Crippen LogP contribution >= 0.6 is 0 Å². The first-order valence-electron chi connectivity index (χ1n) is 8.39. The molecule has 10 nitrogen and oxygen atoms in total. The van der Waals surface area contributed by atoms with Crippen LogP contribution < -0.4 is 11.1 Å². The minimum atomic E-state index is -3.52. The van der Waals surface area contributed by atoms with Gasteiger partial charge in [0.25, 0.3) is 21.3 Å². The Balaban J connectivity index is 1.74. The summed E-state index contributed by atoms with van der Waals surface area (Å²) in [4.78, 5) is 38.6. The van der Waals surface area contributed by atoms with Crippen molar-refractivity contribution in [1.29, 1.82) is 0 Å². The number of aromatic nitrogens is 2. The molecule has 27 heavy (non-hydrogen) atoms. The third kappa shape index (κ3) is 3.66. The molecule has 1 aliphatic rings. The molecule has 1 N–H and O–H groups in total. The molecule has 0 radical (unpaired) electrons. The van der Waals surface area contributed by atoms with Crippen molar-refractivity contribution >= 4 is 26.9 Å². The van der Waals surface area contributed by atoms with Gasteiger partial charge in [-0.25, -0.2) is 4.68 Å². The normalized spacial score (nSPS) is 16.2. The lowest BCUT2D eigenvalue weighted by molar-refractivity contribution is -0.133. The molecule has 1 fully saturated rings. The van der Waals surface area contributed by atoms with Gasteiger partial charge in [-0.1, -0.05) is 12.1 Å². The van der Waals surface area contributed by atoms with Crippen LogP contribution in [0.5, 0.6) is 0 Å². The van der Waals surface area contributed by atoms with Gasteiger partial charge in [-0.3, -0.25) is 19.5 Å². The molecule has 0 bridgehead atoms. The van der Waals surface area contributed by atoms with Gasteiger partial charge in [0.1, 0.15) is 6.54 Å². The van der Waals surface area contributed by atoms with E-state index in [2.05, 4.69) is 5.10 Å². The van der Waals surface area contributed by atoms with Crippen molar-refractivity contribution in [2.75, 3.05) is 40.3 Å². The van der Waals surface area contributed by atoms with Crippen molar-refractivity contribution in [2.45, 2.75) is 6.54 Å². The summed E-state index contributed by atoms with van der Waals surface area (Å²) in [6.45, 7) is 0.487. The van der Waals surface area contributed by atoms with E-state index in [1.54, 1.807) is 24.3 Å². The lowest BCUT2D eigenvalue weighted by Crippen LogP contribution is -2.54. The third-order valence-corrected chi connectivity index (χ3v) is 6.50. The molecule has 146 valence electrons. The third-order valence-electron chi connectivity index (χ3n) is 4.56. The van der Waals surface area contributed by atoms with Gasteiger partial charge in [0.15, 0.2) is 0 Å². The largest absolute Gasteiger partial charge is 0.338 e. The van der Waals surface area contributed by atoms with Crippen LogP contribution in [-0.2, 0) is 21.5 Å². The lowest BCUT2D eigenvalue weighted by atomic mass is 10.2. The molecule has 0 atom stereocenters. The van der Waals surface area contributed by atoms with Crippen molar-refractivity contribution in [1.82, 2.24) is 23.3 Å². The van der Waals surface area contributed by atoms with Crippen molar-refractivity contribution in [3.8, 4) is 0 Å². The Hall–Kier alpha value is -2.50. The molecule has 2 heterocycles. The fraction of sp³-hybridized carbons (Fsp3) is 0.438. The van der Waals surface area contributed by atoms with Crippen molar-refractivity contribution in [2.24, 2.45) is 0 Å². The molecule has 1 aliphatic heterocycles. The maximum atomic E-state index is 12.5. The molecule has 0 spiro atoms. The highest BCUT2D eigenvalue weighted by molar-refractivity contribution is 7.86. The van der Waals surface area contributed by atoms with Gasteiger partial charge in [-0.15, -0.1) is 0 Å². The molecule has 2 aromatic rings. The Bertz CT molecular complexity index is 1080. The van der Waals surface area contributed by atoms with Crippen LogP contribution in [0.25, 0.3) is 10.8 Å². The quantitative estimate of drug-likeness (QED) is 0.687. The average molecular weight is 395 g/mol. The van der Waals surface area contributed by atoms with Gasteiger partial charge >= 0.3 is 0 Å². The molecule has 0 aliphatic carbocycles. The van der Waals surface area contributed by atoms with E-state index in [4.69, 9.17) is 0 Å². The second kappa shape index (κ2) is 7.25. The van der Waals surface area contributed by atoms with Crippen LogP contribution in [-0.4, -0.2) is 77.9 Å². The van der Waals surface area contributed by atoms with Gasteiger partial charge in [0, 0.05) is 40.3 Å². The first kappa shape index (κ1) is 19.3. The lowest BCUT2D eigenvalue weighted by Gasteiger charge is -2.35. The minimum Gasteiger partial charge on any atom is -0.338 e. The second-order valence-corrected chi connectivity index (χ2v) is 8.59. The summed E-state index contributed by atoms with van der Waals surface area (Å²) in [5.74, 6) is -0.357. The van der Waals surface area contributed by atoms with E-state index >= 15 is 0 Å². The summed E-state index contributed by atoms with van der Waals surface area (Å²) >= 11 is 0. The molecule has 11 heteroatoms. The number of fused-ring (bicyclic) bond motifs is 1. The van der Waals surface area contributed by atoms with E-state index in [1.165, 1.54) is 23.3 Å². The van der Waals surface area contributed by atoms with E-state index in [0.717, 1.165) is 8.99 Å². The topological polar surface area (TPSA) is 116 Å². The summed E-state index contributed by atoms with van der Waals surface area (Å²) < 4.78 is 27.7. The number of H-pyrrole nitrogens is 1. The number of hydrogen-bond donors (Lipinski definition) is 1. The highest BCUT2D eigenvalue weighted by atomic mass is 32.2. The summed E-state index contributed by atoms with van der Waals surface area (Å²) in [5.41, 5.74) is -0.896. The zero-order valence-electron chi connectivity index (χ0n) is 15.1. The molecular formula is C16H21N5O5S. The van der Waals surface area contributed by atoms with Crippen molar-refractivity contribution in [3.63, 3.8) is 0 Å². The summed E-state index contributed by atoms with van der Waals surface area (Å²) in [6, 6.07) is 6.40. The predicted molar refractivity (Wildman–Crippen MR) is 99.6 cm³/mol. The van der Waals surface area contributed by atoms with Gasteiger partial charge in [0.2, 0.25) is 5.91 Å². The van der Waals surface area contributed by atoms with Gasteiger partial charge in [0.05, 0.1) is 10.8 Å². The van der Waals surface area contributed by atoms with E-state index in [-0.39, 0.29) is 49.4 Å². The summed E-state index contributed by atoms with van der Waals surface area (Å²) in [6.07, 6.45) is 0. The molecule has 0 saturated carbocycles. The molecule has 0 unspecified atom stereocenters. The van der Waals surface area contributed by atoms with E-state index in [1.807, 2.05) is 0 Å². The van der Waals surface area contributed by atoms with Gasteiger partial charge in [-0.05, 0) is 12.1 Å². The van der Waals surface area contributed by atoms with Crippen LogP contribution in [0.4, 0.5) is 0 Å². The number of carbonyl (C=O) groups excluding carboxylic acids is 1. The predicted octanol–water partition coefficient (Wildman–Crippen LogP) is -1.36. The number of nitrogens with one attached hydrogen (secondary N) is 1. The maximum absolute atomic E-state index is 12.5. The number of carbonyl (C=O) groups is 1. The standard InChI is InChI=1S/C16H21N5O5S/c1-18(2)27(25,26)20-9-7-19(8-10-20)14(22)11-21-16(24)13-6-4-3-5-12(13)15(23)17-21/h3-6H,7-11H2,1-2H3,(H,17,23). The Kier molecular flexibility index (Phi) is 5.18. The molecule has 1 aromatic carbocycles. The molecule has 3 rings (SSSR count). The number of rotatable bonds is 4. The average Bonchev–Trinajstić information content (AvgIpc) is 2.66. The fourth-order valence-corrected chi connectivity index (χ4v) is 4.08. The van der Waals surface area contributed by atoms with E-state index < -0.39 is 21.3 Å². The van der Waals surface area contributed by atoms with E-state index in [0.29, 0.717) is 0 Å². The maximum Gasteiger partial charge on any atom is 0.281 e. The van der Waals surface area contributed by atoms with Crippen molar-refractivity contribution < 1.29 is 13.2 Å². The number of hydrogen-bond acceptors (Lipinski definition) is 5. The van der Waals surface area contributed by atoms with Crippen LogP contribution in [0.2, 0.25) is 0 Å². The Labute approximate surface area is 155 Å². The van der Waals surface area contributed by atoms with Crippen LogP contribution in [0.3, 0.4) is 0 Å². The first-order valence-corrected chi connectivity index (χ1v) is 9.79. The second-order valence-electron chi connectivity index (χ2n) is 6.45. The molecular weight excluding hydrogens is 374 g/mol.